The van der Waals surface area contributed by atoms with Gasteiger partial charge in [0.05, 0.1) is 17.9 Å². The highest BCUT2D eigenvalue weighted by Gasteiger charge is 2.16. The molecule has 0 aliphatic carbocycles. The molecule has 0 fully saturated rings. The van der Waals surface area contributed by atoms with E-state index in [0.717, 1.165) is 24.4 Å². The van der Waals surface area contributed by atoms with Gasteiger partial charge in [0.15, 0.2) is 0 Å². The van der Waals surface area contributed by atoms with Crippen LogP contribution in [0, 0.1) is 6.92 Å². The van der Waals surface area contributed by atoms with Crippen molar-refractivity contribution in [1.29, 1.82) is 0 Å². The second-order valence-corrected chi connectivity index (χ2v) is 5.74. The van der Waals surface area contributed by atoms with E-state index >= 15 is 0 Å². The minimum Gasteiger partial charge on any atom is -0.271 e. The lowest BCUT2D eigenvalue weighted by atomic mass is 10.2. The summed E-state index contributed by atoms with van der Waals surface area (Å²) in [4.78, 5) is 1.28. The topological polar surface area (TPSA) is 68.8 Å². The Bertz CT molecular complexity index is 540. The highest BCUT2D eigenvalue weighted by atomic mass is 32.2. The molecule has 1 aromatic carbocycles. The van der Waals surface area contributed by atoms with Crippen LogP contribution < -0.4 is 11.3 Å². The van der Waals surface area contributed by atoms with Crippen molar-refractivity contribution in [3.63, 3.8) is 0 Å². The number of hydrogen-bond acceptors (Lipinski definition) is 5. The Labute approximate surface area is 123 Å². The largest absolute Gasteiger partial charge is 0.271 e. The number of benzene rings is 1. The van der Waals surface area contributed by atoms with Crippen molar-refractivity contribution in [2.75, 3.05) is 5.75 Å². The Hall–Kier alpha value is -1.37. The molecule has 0 aliphatic heterocycles. The van der Waals surface area contributed by atoms with Gasteiger partial charge >= 0.3 is 0 Å². The summed E-state index contributed by atoms with van der Waals surface area (Å²) < 4.78 is 1.92. The normalized spacial score (nSPS) is 12.6. The van der Waals surface area contributed by atoms with Crippen molar-refractivity contribution in [2.45, 2.75) is 37.8 Å². The van der Waals surface area contributed by atoms with E-state index in [1.54, 1.807) is 18.0 Å². The van der Waals surface area contributed by atoms with Gasteiger partial charge in [-0.25, -0.2) is 4.68 Å². The molecule has 0 bridgehead atoms. The minimum absolute atomic E-state index is 0.0427. The summed E-state index contributed by atoms with van der Waals surface area (Å²) in [5, 5.41) is 8.10. The van der Waals surface area contributed by atoms with Crippen LogP contribution in [0.25, 0.3) is 0 Å². The molecular weight excluding hydrogens is 270 g/mol. The summed E-state index contributed by atoms with van der Waals surface area (Å²) in [6.45, 7) is 5.11. The summed E-state index contributed by atoms with van der Waals surface area (Å²) in [7, 11) is 0. The maximum Gasteiger partial charge on any atom is 0.0778 e. The third-order valence-electron chi connectivity index (χ3n) is 3.14. The molecule has 0 aliphatic rings. The number of nitrogens with one attached hydrogen (secondary N) is 1. The van der Waals surface area contributed by atoms with Crippen LogP contribution in [0.15, 0.2) is 35.4 Å². The fourth-order valence-electron chi connectivity index (χ4n) is 2.03. The number of rotatable bonds is 7. The van der Waals surface area contributed by atoms with Crippen LogP contribution in [-0.4, -0.2) is 20.7 Å². The van der Waals surface area contributed by atoms with E-state index < -0.39 is 0 Å². The SMILES string of the molecule is CCCn1nncc1C(CSc1ccccc1C)NN. The smallest absolute Gasteiger partial charge is 0.0778 e. The third kappa shape index (κ3) is 3.59. The molecule has 3 N–H and O–H groups in total. The Morgan fingerprint density at radius 3 is 2.90 bits per heavy atom. The molecular formula is C14H21N5S. The summed E-state index contributed by atoms with van der Waals surface area (Å²) in [5.41, 5.74) is 5.19. The van der Waals surface area contributed by atoms with Crippen LogP contribution in [0.5, 0.6) is 0 Å². The van der Waals surface area contributed by atoms with E-state index in [1.807, 2.05) is 4.68 Å². The molecule has 1 atom stereocenters. The monoisotopic (exact) mass is 291 g/mol. The van der Waals surface area contributed by atoms with Crippen molar-refractivity contribution in [3.05, 3.63) is 41.7 Å². The predicted octanol–water partition coefficient (Wildman–Crippen LogP) is 2.29. The van der Waals surface area contributed by atoms with Crippen molar-refractivity contribution in [3.8, 4) is 0 Å². The molecule has 1 heterocycles. The number of nitrogens with zero attached hydrogens (tertiary/aromatic N) is 3. The Balaban J connectivity index is 2.06. The van der Waals surface area contributed by atoms with Gasteiger partial charge in [0.1, 0.15) is 0 Å². The second kappa shape index (κ2) is 7.42. The first kappa shape index (κ1) is 15.0. The van der Waals surface area contributed by atoms with Gasteiger partial charge in [0, 0.05) is 17.2 Å². The van der Waals surface area contributed by atoms with Gasteiger partial charge in [-0.1, -0.05) is 30.3 Å². The van der Waals surface area contributed by atoms with Gasteiger partial charge in [-0.15, -0.1) is 16.9 Å². The average molecular weight is 291 g/mol. The first-order valence-electron chi connectivity index (χ1n) is 6.79. The zero-order chi connectivity index (χ0) is 14.4. The quantitative estimate of drug-likeness (QED) is 0.465. The van der Waals surface area contributed by atoms with E-state index in [2.05, 4.69) is 53.9 Å². The van der Waals surface area contributed by atoms with Gasteiger partial charge < -0.3 is 0 Å². The fourth-order valence-corrected chi connectivity index (χ4v) is 3.12. The second-order valence-electron chi connectivity index (χ2n) is 4.68. The molecule has 0 amide bonds. The maximum atomic E-state index is 5.70. The Kier molecular flexibility index (Phi) is 5.58. The van der Waals surface area contributed by atoms with E-state index in [-0.39, 0.29) is 6.04 Å². The molecule has 20 heavy (non-hydrogen) atoms. The van der Waals surface area contributed by atoms with Gasteiger partial charge in [-0.3, -0.25) is 11.3 Å². The summed E-state index contributed by atoms with van der Waals surface area (Å²) in [5.74, 6) is 6.54. The van der Waals surface area contributed by atoms with Crippen molar-refractivity contribution in [2.24, 2.45) is 5.84 Å². The highest BCUT2D eigenvalue weighted by molar-refractivity contribution is 7.99. The zero-order valence-corrected chi connectivity index (χ0v) is 12.7. The fraction of sp³-hybridized carbons (Fsp3) is 0.429. The molecule has 0 spiro atoms. The zero-order valence-electron chi connectivity index (χ0n) is 11.9. The van der Waals surface area contributed by atoms with E-state index in [0.29, 0.717) is 0 Å². The van der Waals surface area contributed by atoms with E-state index in [4.69, 9.17) is 5.84 Å². The van der Waals surface area contributed by atoms with Gasteiger partial charge in [-0.2, -0.15) is 0 Å². The Morgan fingerprint density at radius 2 is 2.20 bits per heavy atom. The molecule has 5 nitrogen and oxygen atoms in total. The molecule has 1 unspecified atom stereocenters. The van der Waals surface area contributed by atoms with Gasteiger partial charge in [-0.05, 0) is 25.0 Å². The first-order chi connectivity index (χ1) is 9.76. The lowest BCUT2D eigenvalue weighted by molar-refractivity contribution is 0.501. The predicted molar refractivity (Wildman–Crippen MR) is 82.3 cm³/mol. The standard InChI is InChI=1S/C14H21N5S/c1-3-8-19-13(9-16-18-19)12(17-15)10-20-14-7-5-4-6-11(14)2/h4-7,9,12,17H,3,8,10,15H2,1-2H3. The van der Waals surface area contributed by atoms with Gasteiger partial charge in [0.2, 0.25) is 0 Å². The van der Waals surface area contributed by atoms with Crippen LogP contribution in [0.1, 0.15) is 30.6 Å². The van der Waals surface area contributed by atoms with Crippen molar-refractivity contribution in [1.82, 2.24) is 20.4 Å². The number of nitrogens with two attached hydrogens (primary N) is 1. The average Bonchev–Trinajstić information content (AvgIpc) is 2.90. The minimum atomic E-state index is 0.0427. The molecule has 0 radical (unpaired) electrons. The van der Waals surface area contributed by atoms with Crippen molar-refractivity contribution >= 4 is 11.8 Å². The highest BCUT2D eigenvalue weighted by Crippen LogP contribution is 2.26. The third-order valence-corrected chi connectivity index (χ3v) is 4.41. The Morgan fingerprint density at radius 1 is 1.40 bits per heavy atom. The van der Waals surface area contributed by atoms with Crippen LogP contribution in [0.4, 0.5) is 0 Å². The maximum absolute atomic E-state index is 5.70. The summed E-state index contributed by atoms with van der Waals surface area (Å²) in [6, 6.07) is 8.41. The van der Waals surface area contributed by atoms with Crippen LogP contribution >= 0.6 is 11.8 Å². The van der Waals surface area contributed by atoms with Gasteiger partial charge in [0.25, 0.3) is 0 Å². The molecule has 0 saturated carbocycles. The molecule has 0 saturated heterocycles. The number of aryl methyl sites for hydroxylation is 2. The molecule has 108 valence electrons. The van der Waals surface area contributed by atoms with E-state index in [9.17, 15) is 0 Å². The number of hydrazine groups is 1. The molecule has 2 aromatic rings. The molecule has 2 rings (SSSR count). The van der Waals surface area contributed by atoms with Crippen LogP contribution in [0.2, 0.25) is 0 Å². The summed E-state index contributed by atoms with van der Waals surface area (Å²) >= 11 is 1.79. The number of hydrogen-bond donors (Lipinski definition) is 2. The lowest BCUT2D eigenvalue weighted by Crippen LogP contribution is -2.31. The van der Waals surface area contributed by atoms with Crippen LogP contribution in [0.3, 0.4) is 0 Å². The molecule has 6 heteroatoms. The van der Waals surface area contributed by atoms with Crippen molar-refractivity contribution < 1.29 is 0 Å². The number of aromatic nitrogens is 3. The first-order valence-corrected chi connectivity index (χ1v) is 7.77. The number of thioether (sulfide) groups is 1. The van der Waals surface area contributed by atoms with E-state index in [1.165, 1.54) is 10.5 Å². The van der Waals surface area contributed by atoms with Crippen LogP contribution in [-0.2, 0) is 6.54 Å². The molecule has 1 aromatic heterocycles. The summed E-state index contributed by atoms with van der Waals surface area (Å²) in [6.07, 6.45) is 2.82. The lowest BCUT2D eigenvalue weighted by Gasteiger charge is -2.17.